The third-order valence-corrected chi connectivity index (χ3v) is 2.35. The Morgan fingerprint density at radius 2 is 1.75 bits per heavy atom. The lowest BCUT2D eigenvalue weighted by molar-refractivity contribution is 1.45. The van der Waals surface area contributed by atoms with E-state index in [0.717, 1.165) is 0 Å². The SMILES string of the molecule is CN=C(Cl)c1c(Cl)cccc1Cl. The van der Waals surface area contributed by atoms with Gasteiger partial charge in [-0.3, -0.25) is 4.99 Å². The second kappa shape index (κ2) is 4.13. The van der Waals surface area contributed by atoms with E-state index < -0.39 is 0 Å². The Hall–Kier alpha value is -0.240. The highest BCUT2D eigenvalue weighted by atomic mass is 35.5. The van der Waals surface area contributed by atoms with Crippen molar-refractivity contribution in [1.29, 1.82) is 0 Å². The Labute approximate surface area is 86.0 Å². The summed E-state index contributed by atoms with van der Waals surface area (Å²) in [6.07, 6.45) is 0. The Balaban J connectivity index is 3.31. The molecule has 4 heteroatoms. The molecule has 0 bridgehead atoms. The summed E-state index contributed by atoms with van der Waals surface area (Å²) in [6.45, 7) is 0. The minimum absolute atomic E-state index is 0.325. The fraction of sp³-hybridized carbons (Fsp3) is 0.125. The second-order valence-electron chi connectivity index (χ2n) is 2.11. The highest BCUT2D eigenvalue weighted by Crippen LogP contribution is 2.25. The van der Waals surface area contributed by atoms with Crippen LogP contribution >= 0.6 is 34.8 Å². The zero-order valence-corrected chi connectivity index (χ0v) is 8.58. The number of aliphatic imine (C=N–C) groups is 1. The molecule has 0 unspecified atom stereocenters. The van der Waals surface area contributed by atoms with Crippen LogP contribution in [0.4, 0.5) is 0 Å². The van der Waals surface area contributed by atoms with Gasteiger partial charge in [-0.05, 0) is 12.1 Å². The van der Waals surface area contributed by atoms with E-state index in [-0.39, 0.29) is 0 Å². The summed E-state index contributed by atoms with van der Waals surface area (Å²) >= 11 is 17.5. The lowest BCUT2D eigenvalue weighted by atomic mass is 10.2. The molecule has 1 aromatic carbocycles. The van der Waals surface area contributed by atoms with Crippen molar-refractivity contribution < 1.29 is 0 Å². The van der Waals surface area contributed by atoms with Gasteiger partial charge in [0.1, 0.15) is 5.17 Å². The molecule has 0 amide bonds. The summed E-state index contributed by atoms with van der Waals surface area (Å²) in [5.74, 6) is 0. The average molecular weight is 223 g/mol. The van der Waals surface area contributed by atoms with E-state index in [0.29, 0.717) is 20.8 Å². The lowest BCUT2D eigenvalue weighted by Gasteiger charge is -2.02. The van der Waals surface area contributed by atoms with Crippen LogP contribution in [-0.4, -0.2) is 12.2 Å². The third kappa shape index (κ3) is 1.92. The van der Waals surface area contributed by atoms with Crippen molar-refractivity contribution in [3.05, 3.63) is 33.8 Å². The quantitative estimate of drug-likeness (QED) is 0.644. The van der Waals surface area contributed by atoms with Crippen molar-refractivity contribution in [1.82, 2.24) is 0 Å². The Morgan fingerprint density at radius 1 is 1.25 bits per heavy atom. The van der Waals surface area contributed by atoms with E-state index in [1.54, 1.807) is 25.2 Å². The molecule has 64 valence electrons. The summed E-state index contributed by atoms with van der Waals surface area (Å²) in [4.78, 5) is 3.79. The molecule has 0 fully saturated rings. The summed E-state index contributed by atoms with van der Waals surface area (Å²) in [5, 5.41) is 1.35. The van der Waals surface area contributed by atoms with E-state index in [4.69, 9.17) is 34.8 Å². The van der Waals surface area contributed by atoms with Crippen LogP contribution in [0.5, 0.6) is 0 Å². The van der Waals surface area contributed by atoms with E-state index in [2.05, 4.69) is 4.99 Å². The molecule has 0 aliphatic rings. The Morgan fingerprint density at radius 3 is 2.17 bits per heavy atom. The van der Waals surface area contributed by atoms with Crippen molar-refractivity contribution in [2.75, 3.05) is 7.05 Å². The van der Waals surface area contributed by atoms with E-state index in [1.165, 1.54) is 0 Å². The molecule has 0 saturated heterocycles. The molecule has 0 radical (unpaired) electrons. The van der Waals surface area contributed by atoms with Crippen LogP contribution < -0.4 is 0 Å². The topological polar surface area (TPSA) is 12.4 Å². The lowest BCUT2D eigenvalue weighted by Crippen LogP contribution is -1.93. The number of hydrogen-bond acceptors (Lipinski definition) is 1. The van der Waals surface area contributed by atoms with Gasteiger partial charge in [-0.2, -0.15) is 0 Å². The molecule has 0 aliphatic heterocycles. The summed E-state index contributed by atoms with van der Waals surface area (Å²) in [7, 11) is 1.59. The number of hydrogen-bond donors (Lipinski definition) is 0. The third-order valence-electron chi connectivity index (χ3n) is 1.37. The van der Waals surface area contributed by atoms with E-state index in [1.807, 2.05) is 0 Å². The highest BCUT2D eigenvalue weighted by molar-refractivity contribution is 6.71. The van der Waals surface area contributed by atoms with Crippen LogP contribution in [0, 0.1) is 0 Å². The first kappa shape index (κ1) is 9.85. The largest absolute Gasteiger partial charge is 0.276 e. The molecule has 1 rings (SSSR count). The maximum atomic E-state index is 5.85. The molecule has 1 nitrogen and oxygen atoms in total. The van der Waals surface area contributed by atoms with Gasteiger partial charge in [0, 0.05) is 12.6 Å². The van der Waals surface area contributed by atoms with Gasteiger partial charge in [-0.25, -0.2) is 0 Å². The first-order valence-electron chi connectivity index (χ1n) is 3.23. The molecule has 0 N–H and O–H groups in total. The maximum Gasteiger partial charge on any atom is 0.133 e. The smallest absolute Gasteiger partial charge is 0.133 e. The van der Waals surface area contributed by atoms with Crippen molar-refractivity contribution in [2.45, 2.75) is 0 Å². The molecule has 1 aromatic rings. The number of halogens is 3. The average Bonchev–Trinajstić information content (AvgIpc) is 2.03. The molecule has 0 aromatic heterocycles. The summed E-state index contributed by atoms with van der Waals surface area (Å²) < 4.78 is 0. The van der Waals surface area contributed by atoms with Gasteiger partial charge in [0.25, 0.3) is 0 Å². The van der Waals surface area contributed by atoms with Crippen molar-refractivity contribution in [3.8, 4) is 0 Å². The van der Waals surface area contributed by atoms with Gasteiger partial charge < -0.3 is 0 Å². The van der Waals surface area contributed by atoms with Gasteiger partial charge in [0.2, 0.25) is 0 Å². The maximum absolute atomic E-state index is 5.85. The van der Waals surface area contributed by atoms with Gasteiger partial charge in [0.15, 0.2) is 0 Å². The normalized spacial score (nSPS) is 11.8. The van der Waals surface area contributed by atoms with Crippen LogP contribution in [0.2, 0.25) is 10.0 Å². The van der Waals surface area contributed by atoms with Crippen LogP contribution in [-0.2, 0) is 0 Å². The minimum Gasteiger partial charge on any atom is -0.276 e. The van der Waals surface area contributed by atoms with Crippen LogP contribution in [0.3, 0.4) is 0 Å². The van der Waals surface area contributed by atoms with Crippen molar-refractivity contribution in [2.24, 2.45) is 4.99 Å². The van der Waals surface area contributed by atoms with Crippen molar-refractivity contribution >= 4 is 40.0 Å². The number of nitrogens with zero attached hydrogens (tertiary/aromatic N) is 1. The standard InChI is InChI=1S/C8H6Cl3N/c1-12-8(11)7-5(9)3-2-4-6(7)10/h2-4H,1H3. The van der Waals surface area contributed by atoms with Crippen LogP contribution in [0.15, 0.2) is 23.2 Å². The minimum atomic E-state index is 0.325. The van der Waals surface area contributed by atoms with Gasteiger partial charge in [-0.1, -0.05) is 40.9 Å². The van der Waals surface area contributed by atoms with E-state index in [9.17, 15) is 0 Å². The summed E-state index contributed by atoms with van der Waals surface area (Å²) in [5.41, 5.74) is 0.588. The van der Waals surface area contributed by atoms with Gasteiger partial charge >= 0.3 is 0 Å². The second-order valence-corrected chi connectivity index (χ2v) is 3.28. The summed E-state index contributed by atoms with van der Waals surface area (Å²) in [6, 6.07) is 5.20. The zero-order valence-electron chi connectivity index (χ0n) is 6.31. The van der Waals surface area contributed by atoms with Crippen LogP contribution in [0.25, 0.3) is 0 Å². The molecule has 0 heterocycles. The van der Waals surface area contributed by atoms with E-state index >= 15 is 0 Å². The van der Waals surface area contributed by atoms with Crippen molar-refractivity contribution in [3.63, 3.8) is 0 Å². The number of benzene rings is 1. The highest BCUT2D eigenvalue weighted by Gasteiger charge is 2.08. The van der Waals surface area contributed by atoms with Crippen LogP contribution in [0.1, 0.15) is 5.56 Å². The molecule has 0 aliphatic carbocycles. The predicted octanol–water partition coefficient (Wildman–Crippen LogP) is 3.61. The zero-order chi connectivity index (χ0) is 9.14. The van der Waals surface area contributed by atoms with Gasteiger partial charge in [-0.15, -0.1) is 0 Å². The molecule has 0 atom stereocenters. The monoisotopic (exact) mass is 221 g/mol. The molecular formula is C8H6Cl3N. The molecule has 0 saturated carbocycles. The first-order chi connectivity index (χ1) is 5.66. The Bertz CT molecular complexity index is 300. The first-order valence-corrected chi connectivity index (χ1v) is 4.37. The Kier molecular flexibility index (Phi) is 3.39. The molecule has 0 spiro atoms. The fourth-order valence-corrected chi connectivity index (χ4v) is 1.68. The molecule has 12 heavy (non-hydrogen) atoms. The molecular weight excluding hydrogens is 216 g/mol. The fourth-order valence-electron chi connectivity index (χ4n) is 0.807. The van der Waals surface area contributed by atoms with Gasteiger partial charge in [0.05, 0.1) is 10.0 Å². The predicted molar refractivity (Wildman–Crippen MR) is 54.8 cm³/mol. The number of rotatable bonds is 1.